The van der Waals surface area contributed by atoms with E-state index in [0.717, 1.165) is 35.1 Å². The van der Waals surface area contributed by atoms with Crippen molar-refractivity contribution in [3.05, 3.63) is 164 Å². The van der Waals surface area contributed by atoms with Crippen molar-refractivity contribution in [2.45, 2.75) is 90.1 Å². The molecule has 0 saturated carbocycles. The van der Waals surface area contributed by atoms with Crippen LogP contribution in [0, 0.1) is 27.7 Å². The Labute approximate surface area is 316 Å². The first-order valence-corrected chi connectivity index (χ1v) is 21.4. The molecule has 10 rings (SSSR count). The molecule has 2 unspecified atom stereocenters. The largest absolute Gasteiger partial charge is 0.462 e. The van der Waals surface area contributed by atoms with Gasteiger partial charge in [-0.3, -0.25) is 0 Å². The minimum Gasteiger partial charge on any atom is -0.462 e. The summed E-state index contributed by atoms with van der Waals surface area (Å²) < 4.78 is 12.8. The lowest BCUT2D eigenvalue weighted by Gasteiger charge is -2.22. The van der Waals surface area contributed by atoms with E-state index >= 15 is 0 Å². The lowest BCUT2D eigenvalue weighted by atomic mass is 9.87. The number of allylic oxidation sites excluding steroid dienone is 2. The van der Waals surface area contributed by atoms with Gasteiger partial charge in [0.1, 0.15) is 23.0 Å². The topological polar surface area (TPSA) is 26.3 Å². The van der Waals surface area contributed by atoms with E-state index in [-0.39, 0.29) is 9.52 Å². The van der Waals surface area contributed by atoms with Gasteiger partial charge in [0.05, 0.1) is 0 Å². The summed E-state index contributed by atoms with van der Waals surface area (Å²) in [7, 11) is 0.120. The summed E-state index contributed by atoms with van der Waals surface area (Å²) in [5.74, 6) is 4.70. The predicted octanol–water partition coefficient (Wildman–Crippen LogP) is 12.7. The quantitative estimate of drug-likeness (QED) is 0.147. The van der Waals surface area contributed by atoms with Crippen LogP contribution in [-0.2, 0) is 25.7 Å². The summed E-state index contributed by atoms with van der Waals surface area (Å²) in [6.45, 7) is 8.52. The molecular formula is C50H47O2Si. The van der Waals surface area contributed by atoms with Gasteiger partial charge in [0.2, 0.25) is 0 Å². The second kappa shape index (κ2) is 12.9. The molecule has 53 heavy (non-hydrogen) atoms. The summed E-state index contributed by atoms with van der Waals surface area (Å²) in [5, 5.41) is 0. The van der Waals surface area contributed by atoms with E-state index in [9.17, 15) is 0 Å². The molecule has 2 atom stereocenters. The van der Waals surface area contributed by atoms with Gasteiger partial charge in [0.15, 0.2) is 0 Å². The third kappa shape index (κ3) is 5.58. The fraction of sp³-hybridized carbons (Fsp3) is 0.280. The van der Waals surface area contributed by atoms with E-state index in [0.29, 0.717) is 11.8 Å². The normalized spacial score (nSPS) is 18.2. The van der Waals surface area contributed by atoms with E-state index in [4.69, 9.17) is 8.83 Å². The third-order valence-corrected chi connectivity index (χ3v) is 14.2. The summed E-state index contributed by atoms with van der Waals surface area (Å²) in [4.78, 5) is 0. The van der Waals surface area contributed by atoms with Crippen LogP contribution in [0.3, 0.4) is 0 Å². The standard InChI is InChI=1S/C50H47O2Si/c1-29-11-17-33(18-12-29)49-37-9-5-7-35(37)23-39-43(49)25-41(47-21-15-31(3)51-47)45(39)27-53-28-46-40-24-36-8-6-10-38(36)50(34-19-13-30(2)14-20-34)44(40)26-42(46)48-22-16-32(4)52-48/h11-26,45-46,53H,5-10,27-28H2,1-4H3. The van der Waals surface area contributed by atoms with E-state index < -0.39 is 0 Å². The first-order valence-electron chi connectivity index (χ1n) is 19.8. The van der Waals surface area contributed by atoms with Crippen LogP contribution in [0.1, 0.15) is 103 Å². The smallest absolute Gasteiger partial charge is 0.130 e. The maximum absolute atomic E-state index is 6.42. The van der Waals surface area contributed by atoms with Gasteiger partial charge in [-0.1, -0.05) is 83.9 Å². The molecule has 6 aromatic rings. The third-order valence-electron chi connectivity index (χ3n) is 12.6. The molecule has 263 valence electrons. The van der Waals surface area contributed by atoms with Crippen molar-refractivity contribution in [2.24, 2.45) is 0 Å². The van der Waals surface area contributed by atoms with Gasteiger partial charge in [-0.15, -0.1) is 0 Å². The maximum atomic E-state index is 6.42. The van der Waals surface area contributed by atoms with Crippen molar-refractivity contribution in [3.8, 4) is 22.3 Å². The highest BCUT2D eigenvalue weighted by molar-refractivity contribution is 6.37. The molecular weight excluding hydrogens is 661 g/mol. The van der Waals surface area contributed by atoms with Crippen LogP contribution in [-0.4, -0.2) is 9.52 Å². The van der Waals surface area contributed by atoms with Crippen LogP contribution in [0.15, 0.2) is 93.8 Å². The first-order chi connectivity index (χ1) is 25.9. The Morgan fingerprint density at radius 2 is 0.962 bits per heavy atom. The number of hydrogen-bond donors (Lipinski definition) is 0. The lowest BCUT2D eigenvalue weighted by molar-refractivity contribution is 0.518. The highest BCUT2D eigenvalue weighted by Gasteiger charge is 2.36. The monoisotopic (exact) mass is 707 g/mol. The molecule has 2 nitrogen and oxygen atoms in total. The second-order valence-electron chi connectivity index (χ2n) is 16.1. The van der Waals surface area contributed by atoms with Gasteiger partial charge in [-0.25, -0.2) is 0 Å². The molecule has 2 aromatic heterocycles. The van der Waals surface area contributed by atoms with Gasteiger partial charge < -0.3 is 8.83 Å². The van der Waals surface area contributed by atoms with Crippen LogP contribution < -0.4 is 0 Å². The Kier molecular flexibility index (Phi) is 7.98. The molecule has 0 amide bonds. The summed E-state index contributed by atoms with van der Waals surface area (Å²) in [6.07, 6.45) is 12.2. The van der Waals surface area contributed by atoms with Crippen LogP contribution >= 0.6 is 0 Å². The maximum Gasteiger partial charge on any atom is 0.130 e. The molecule has 1 radical (unpaired) electrons. The number of fused-ring (bicyclic) bond motifs is 4. The highest BCUT2D eigenvalue weighted by atomic mass is 28.2. The van der Waals surface area contributed by atoms with Crippen LogP contribution in [0.5, 0.6) is 0 Å². The van der Waals surface area contributed by atoms with Crippen molar-refractivity contribution in [2.75, 3.05) is 0 Å². The average molecular weight is 708 g/mol. The molecule has 0 N–H and O–H groups in total. The van der Waals surface area contributed by atoms with Crippen molar-refractivity contribution in [1.82, 2.24) is 0 Å². The Bertz CT molecular complexity index is 2290. The van der Waals surface area contributed by atoms with Crippen LogP contribution in [0.4, 0.5) is 0 Å². The molecule has 0 aliphatic heterocycles. The van der Waals surface area contributed by atoms with Gasteiger partial charge in [-0.2, -0.15) is 0 Å². The summed E-state index contributed by atoms with van der Waals surface area (Å²) >= 11 is 0. The Morgan fingerprint density at radius 1 is 0.528 bits per heavy atom. The lowest BCUT2D eigenvalue weighted by Crippen LogP contribution is -2.09. The van der Waals surface area contributed by atoms with Gasteiger partial charge in [0.25, 0.3) is 0 Å². The van der Waals surface area contributed by atoms with E-state index in [1.54, 1.807) is 22.3 Å². The number of benzene rings is 4. The minimum absolute atomic E-state index is 0.120. The second-order valence-corrected chi connectivity index (χ2v) is 17.6. The fourth-order valence-corrected chi connectivity index (χ4v) is 11.9. The van der Waals surface area contributed by atoms with Crippen LogP contribution in [0.2, 0.25) is 12.1 Å². The van der Waals surface area contributed by atoms with Crippen molar-refractivity contribution in [1.29, 1.82) is 0 Å². The number of aryl methyl sites for hydroxylation is 6. The van der Waals surface area contributed by atoms with Crippen molar-refractivity contribution < 1.29 is 8.83 Å². The number of furan rings is 2. The highest BCUT2D eigenvalue weighted by Crippen LogP contribution is 2.53. The van der Waals surface area contributed by atoms with Gasteiger partial charge in [-0.05, 0) is 169 Å². The minimum atomic E-state index is 0.120. The summed E-state index contributed by atoms with van der Waals surface area (Å²) in [6, 6.07) is 34.7. The molecule has 2 heterocycles. The van der Waals surface area contributed by atoms with Crippen molar-refractivity contribution >= 4 is 32.8 Å². The Morgan fingerprint density at radius 3 is 1.36 bits per heavy atom. The Balaban J connectivity index is 1.04. The van der Waals surface area contributed by atoms with Gasteiger partial charge >= 0.3 is 0 Å². The predicted molar refractivity (Wildman–Crippen MR) is 222 cm³/mol. The Hall–Kier alpha value is -4.86. The average Bonchev–Trinajstić information content (AvgIpc) is 4.02. The molecule has 4 aliphatic rings. The fourth-order valence-electron chi connectivity index (χ4n) is 10.0. The molecule has 0 spiro atoms. The van der Waals surface area contributed by atoms with Crippen molar-refractivity contribution in [3.63, 3.8) is 0 Å². The molecule has 0 saturated heterocycles. The van der Waals surface area contributed by atoms with Crippen LogP contribution in [0.25, 0.3) is 45.6 Å². The molecule has 4 aliphatic carbocycles. The SMILES string of the molecule is Cc1ccc(-c2c3c(cc4c2CCC4)C(C[SiH]CC2C(c4ccc(C)o4)=Cc4c2cc2c(c4-c4ccc(C)cc4)CCC2)C(c2ccc(C)o2)=C3)cc1. The molecule has 4 aromatic carbocycles. The van der Waals surface area contributed by atoms with Gasteiger partial charge in [0, 0.05) is 32.5 Å². The summed E-state index contributed by atoms with van der Waals surface area (Å²) in [5.41, 5.74) is 23.1. The molecule has 0 fully saturated rings. The van der Waals surface area contributed by atoms with E-state index in [2.05, 4.69) is 125 Å². The zero-order valence-corrected chi connectivity index (χ0v) is 32.6. The number of rotatable bonds is 8. The van der Waals surface area contributed by atoms with E-state index in [1.165, 1.54) is 105 Å². The zero-order chi connectivity index (χ0) is 35.8. The molecule has 3 heteroatoms. The first kappa shape index (κ1) is 32.8. The number of hydrogen-bond acceptors (Lipinski definition) is 2. The molecule has 0 bridgehead atoms. The van der Waals surface area contributed by atoms with E-state index in [1.807, 2.05) is 0 Å². The zero-order valence-electron chi connectivity index (χ0n) is 31.4.